The van der Waals surface area contributed by atoms with Gasteiger partial charge in [-0.3, -0.25) is 14.4 Å². The number of aryl methyl sites for hydroxylation is 1. The van der Waals surface area contributed by atoms with Crippen LogP contribution < -0.4 is 10.2 Å². The van der Waals surface area contributed by atoms with Crippen LogP contribution in [0.15, 0.2) is 36.4 Å². The average Bonchev–Trinajstić information content (AvgIpc) is 3.20. The van der Waals surface area contributed by atoms with Gasteiger partial charge in [0.1, 0.15) is 0 Å². The summed E-state index contributed by atoms with van der Waals surface area (Å²) in [7, 11) is 3.50. The van der Waals surface area contributed by atoms with Gasteiger partial charge in [-0.1, -0.05) is 12.1 Å². The summed E-state index contributed by atoms with van der Waals surface area (Å²) in [6.45, 7) is 1.19. The summed E-state index contributed by atoms with van der Waals surface area (Å²) in [5.41, 5.74) is 0.536. The van der Waals surface area contributed by atoms with Crippen molar-refractivity contribution in [2.75, 3.05) is 18.0 Å². The first-order valence-electron chi connectivity index (χ1n) is 13.3. The van der Waals surface area contributed by atoms with Crippen molar-refractivity contribution in [1.29, 1.82) is 0 Å². The number of carbonyl (C=O) groups is 1. The highest BCUT2D eigenvalue weighted by Gasteiger charge is 2.49. The number of fused-ring (bicyclic) bond motifs is 1. The summed E-state index contributed by atoms with van der Waals surface area (Å²) >= 11 is 0. The van der Waals surface area contributed by atoms with E-state index in [2.05, 4.69) is 10.4 Å². The monoisotopic (exact) mass is 562 g/mol. The molecule has 0 unspecified atom stereocenters. The summed E-state index contributed by atoms with van der Waals surface area (Å²) in [6, 6.07) is 8.91. The van der Waals surface area contributed by atoms with Crippen LogP contribution in [0.3, 0.4) is 0 Å². The molecule has 1 amide bonds. The Kier molecular flexibility index (Phi) is 6.15. The van der Waals surface area contributed by atoms with Crippen molar-refractivity contribution in [3.05, 3.63) is 70.0 Å². The number of amides is 1. The van der Waals surface area contributed by atoms with Crippen LogP contribution in [0.25, 0.3) is 0 Å². The zero-order valence-electron chi connectivity index (χ0n) is 22.5. The van der Waals surface area contributed by atoms with Crippen LogP contribution in [-0.2, 0) is 33.4 Å². The van der Waals surface area contributed by atoms with Gasteiger partial charge >= 0.3 is 6.18 Å². The summed E-state index contributed by atoms with van der Waals surface area (Å²) in [4.78, 5) is 18.1. The summed E-state index contributed by atoms with van der Waals surface area (Å²) in [5.74, 6) is -2.74. The predicted octanol–water partition coefficient (Wildman–Crippen LogP) is 5.01. The van der Waals surface area contributed by atoms with E-state index >= 15 is 0 Å². The van der Waals surface area contributed by atoms with Crippen LogP contribution in [0.5, 0.6) is 0 Å². The van der Waals surface area contributed by atoms with Gasteiger partial charge in [0.2, 0.25) is 0 Å². The molecule has 0 spiro atoms. The second-order valence-corrected chi connectivity index (χ2v) is 11.6. The molecule has 3 aliphatic rings. The van der Waals surface area contributed by atoms with Gasteiger partial charge in [0.15, 0.2) is 5.82 Å². The van der Waals surface area contributed by atoms with E-state index in [0.29, 0.717) is 22.6 Å². The Labute approximate surface area is 228 Å². The molecule has 12 heteroatoms. The third kappa shape index (κ3) is 4.60. The van der Waals surface area contributed by atoms with Crippen molar-refractivity contribution in [2.24, 2.45) is 14.1 Å². The highest BCUT2D eigenvalue weighted by molar-refractivity contribution is 6.10. The standard InChI is InChI=1S/C28H31F5N6O/c1-26(8-5-9-26)34-13-17-10-20-21(22(11-17)28(31,32)33)14-39(25(20)40)19-7-4-6-18(12-19)23(24-35-37(3)36(24)2)38-15-27(29,30)16-38/h4,6-7,10-12,23,34H,5,8-9,13-16H2,1-3H3/t23-/m1/s1. The molecule has 1 N–H and O–H groups in total. The van der Waals surface area contributed by atoms with Gasteiger partial charge in [-0.25, -0.2) is 13.6 Å². The van der Waals surface area contributed by atoms with Crippen molar-refractivity contribution in [3.63, 3.8) is 0 Å². The fraction of sp³-hybridized carbons (Fsp3) is 0.500. The smallest absolute Gasteiger partial charge is 0.307 e. The maximum Gasteiger partial charge on any atom is 0.416 e. The molecule has 0 bridgehead atoms. The van der Waals surface area contributed by atoms with E-state index in [0.717, 1.165) is 25.3 Å². The van der Waals surface area contributed by atoms with Crippen molar-refractivity contribution in [2.45, 2.75) is 63.0 Å². The first-order valence-corrected chi connectivity index (χ1v) is 13.3. The molecule has 0 radical (unpaired) electrons. The first-order chi connectivity index (χ1) is 18.7. The minimum Gasteiger partial charge on any atom is -0.307 e. The summed E-state index contributed by atoms with van der Waals surface area (Å²) in [5, 5.41) is 7.72. The molecule has 1 atom stereocenters. The molecule has 2 aromatic carbocycles. The highest BCUT2D eigenvalue weighted by atomic mass is 19.4. The Bertz CT molecular complexity index is 1460. The first kappa shape index (κ1) is 26.9. The fourth-order valence-electron chi connectivity index (χ4n) is 5.97. The summed E-state index contributed by atoms with van der Waals surface area (Å²) < 4.78 is 71.8. The van der Waals surface area contributed by atoms with Crippen molar-refractivity contribution in [1.82, 2.24) is 24.8 Å². The molecule has 40 heavy (non-hydrogen) atoms. The van der Waals surface area contributed by atoms with Crippen LogP contribution >= 0.6 is 0 Å². The molecule has 214 valence electrons. The van der Waals surface area contributed by atoms with Gasteiger partial charge < -0.3 is 10.2 Å². The number of rotatable bonds is 7. The number of halogens is 5. The number of hydrogen-bond donors (Lipinski definition) is 1. The van der Waals surface area contributed by atoms with E-state index in [1.54, 1.807) is 58.8 Å². The largest absolute Gasteiger partial charge is 0.416 e. The van der Waals surface area contributed by atoms with Gasteiger partial charge in [0.25, 0.3) is 11.8 Å². The average molecular weight is 563 g/mol. The maximum absolute atomic E-state index is 14.2. The Morgan fingerprint density at radius 2 is 1.82 bits per heavy atom. The quantitative estimate of drug-likeness (QED) is 0.412. The van der Waals surface area contributed by atoms with Crippen molar-refractivity contribution in [3.8, 4) is 0 Å². The van der Waals surface area contributed by atoms with Crippen LogP contribution in [-0.4, -0.2) is 49.9 Å². The second-order valence-electron chi connectivity index (χ2n) is 11.6. The highest BCUT2D eigenvalue weighted by Crippen LogP contribution is 2.42. The van der Waals surface area contributed by atoms with Crippen molar-refractivity contribution >= 4 is 11.6 Å². The van der Waals surface area contributed by atoms with Gasteiger partial charge in [-0.15, -0.1) is 5.10 Å². The number of nitrogens with zero attached hydrogens (tertiary/aromatic N) is 5. The summed E-state index contributed by atoms with van der Waals surface area (Å²) in [6.07, 6.45) is -1.62. The molecular formula is C28H31F5N6O. The number of nitrogens with one attached hydrogen (secondary N) is 1. The van der Waals surface area contributed by atoms with E-state index in [1.165, 1.54) is 4.90 Å². The number of anilines is 1. The Morgan fingerprint density at radius 3 is 2.40 bits per heavy atom. The maximum atomic E-state index is 14.2. The number of likely N-dealkylation sites (tertiary alicyclic amines) is 1. The molecule has 7 nitrogen and oxygen atoms in total. The molecule has 1 aliphatic carbocycles. The molecule has 3 heterocycles. The lowest BCUT2D eigenvalue weighted by atomic mass is 9.78. The number of hydrogen-bond acceptors (Lipinski definition) is 4. The van der Waals surface area contributed by atoms with Crippen LogP contribution in [0.4, 0.5) is 27.6 Å². The number of alkyl halides is 5. The number of aromatic nitrogens is 3. The zero-order valence-corrected chi connectivity index (χ0v) is 22.5. The lowest BCUT2D eigenvalue weighted by Crippen LogP contribution is -2.58. The van der Waals surface area contributed by atoms with E-state index in [1.807, 2.05) is 6.92 Å². The van der Waals surface area contributed by atoms with Crippen LogP contribution in [0.2, 0.25) is 0 Å². The third-order valence-corrected chi connectivity index (χ3v) is 8.57. The lowest BCUT2D eigenvalue weighted by Gasteiger charge is -2.44. The van der Waals surface area contributed by atoms with E-state index in [9.17, 15) is 26.7 Å². The minimum atomic E-state index is -4.62. The Balaban J connectivity index is 1.32. The topological polar surface area (TPSA) is 58.3 Å². The molecule has 2 fully saturated rings. The van der Waals surface area contributed by atoms with Crippen LogP contribution in [0, 0.1) is 0 Å². The predicted molar refractivity (Wildman–Crippen MR) is 138 cm³/mol. The van der Waals surface area contributed by atoms with Gasteiger partial charge in [-0.05, 0) is 67.1 Å². The van der Waals surface area contributed by atoms with E-state index in [-0.39, 0.29) is 29.8 Å². The van der Waals surface area contributed by atoms with Gasteiger partial charge in [0, 0.05) is 37.4 Å². The zero-order chi connectivity index (χ0) is 28.6. The lowest BCUT2D eigenvalue weighted by molar-refractivity contribution is -0.144. The molecular weight excluding hydrogens is 531 g/mol. The van der Waals surface area contributed by atoms with E-state index in [4.69, 9.17) is 0 Å². The molecule has 3 aromatic rings. The Hall–Kier alpha value is -3.25. The second kappa shape index (κ2) is 9.13. The molecule has 6 rings (SSSR count). The van der Waals surface area contributed by atoms with E-state index < -0.39 is 42.7 Å². The van der Waals surface area contributed by atoms with Gasteiger partial charge in [0.05, 0.1) is 31.2 Å². The SMILES string of the molecule is Cn1nc([C@@H](c2cccc(N3Cc4c(cc(CNC5(C)CCC5)cc4C(F)(F)F)C3=O)c2)N2CC(F)(F)C2)n1C. The molecule has 2 aliphatic heterocycles. The Morgan fingerprint density at radius 1 is 1.10 bits per heavy atom. The fourth-order valence-corrected chi connectivity index (χ4v) is 5.97. The molecule has 1 saturated heterocycles. The number of benzene rings is 2. The van der Waals surface area contributed by atoms with Gasteiger partial charge in [-0.2, -0.15) is 13.2 Å². The third-order valence-electron chi connectivity index (χ3n) is 8.57. The molecule has 1 aromatic heterocycles. The van der Waals surface area contributed by atoms with Crippen LogP contribution in [0.1, 0.15) is 70.7 Å². The number of carbonyl (C=O) groups excluding carboxylic acids is 1. The van der Waals surface area contributed by atoms with Crippen molar-refractivity contribution < 1.29 is 26.7 Å². The minimum absolute atomic E-state index is 0.0412. The molecule has 1 saturated carbocycles. The normalized spacial score (nSPS) is 20.8.